The smallest absolute Gasteiger partial charge is 0.242 e. The molecule has 2 rings (SSSR count). The van der Waals surface area contributed by atoms with E-state index in [0.29, 0.717) is 0 Å². The summed E-state index contributed by atoms with van der Waals surface area (Å²) < 4.78 is 39.5. The van der Waals surface area contributed by atoms with Crippen molar-refractivity contribution < 1.29 is 12.8 Å². The minimum absolute atomic E-state index is 0.00779. The van der Waals surface area contributed by atoms with Crippen molar-refractivity contribution in [3.05, 3.63) is 45.1 Å². The highest BCUT2D eigenvalue weighted by atomic mass is 79.9. The number of hydrogen-bond donors (Lipinski definition) is 1. The number of thiazole rings is 1. The SMILES string of the molecule is O=S(=O)(NCc1cncs1)c1ccc(F)cc1Br. The van der Waals surface area contributed by atoms with Gasteiger partial charge in [0.2, 0.25) is 10.0 Å². The van der Waals surface area contributed by atoms with Gasteiger partial charge in [-0.2, -0.15) is 0 Å². The van der Waals surface area contributed by atoms with Crippen molar-refractivity contribution >= 4 is 37.3 Å². The van der Waals surface area contributed by atoms with Crippen molar-refractivity contribution in [2.45, 2.75) is 11.4 Å². The van der Waals surface area contributed by atoms with E-state index < -0.39 is 15.8 Å². The Morgan fingerprint density at radius 2 is 2.22 bits per heavy atom. The molecule has 1 aromatic carbocycles. The number of benzene rings is 1. The lowest BCUT2D eigenvalue weighted by atomic mass is 10.3. The Balaban J connectivity index is 2.20. The molecule has 0 saturated carbocycles. The lowest BCUT2D eigenvalue weighted by Crippen LogP contribution is -2.23. The highest BCUT2D eigenvalue weighted by molar-refractivity contribution is 9.10. The Morgan fingerprint density at radius 1 is 1.44 bits per heavy atom. The Morgan fingerprint density at radius 3 is 2.83 bits per heavy atom. The number of sulfonamides is 1. The van der Waals surface area contributed by atoms with Crippen molar-refractivity contribution in [1.29, 1.82) is 0 Å². The molecular formula is C10H8BrFN2O2S2. The van der Waals surface area contributed by atoms with Gasteiger partial charge in [-0.3, -0.25) is 4.98 Å². The van der Waals surface area contributed by atoms with Gasteiger partial charge in [0.05, 0.1) is 10.4 Å². The largest absolute Gasteiger partial charge is 0.253 e. The number of rotatable bonds is 4. The lowest BCUT2D eigenvalue weighted by molar-refractivity contribution is 0.580. The van der Waals surface area contributed by atoms with Gasteiger partial charge in [0.15, 0.2) is 0 Å². The third kappa shape index (κ3) is 3.14. The molecule has 8 heteroatoms. The molecule has 0 atom stereocenters. The molecule has 0 fully saturated rings. The fraction of sp³-hybridized carbons (Fsp3) is 0.100. The number of nitrogens with one attached hydrogen (secondary N) is 1. The molecule has 0 amide bonds. The lowest BCUT2D eigenvalue weighted by Gasteiger charge is -2.07. The van der Waals surface area contributed by atoms with Crippen molar-refractivity contribution in [3.63, 3.8) is 0 Å². The zero-order valence-electron chi connectivity index (χ0n) is 8.93. The first-order chi connectivity index (χ1) is 8.49. The number of nitrogens with zero attached hydrogens (tertiary/aromatic N) is 1. The summed E-state index contributed by atoms with van der Waals surface area (Å²) in [4.78, 5) is 4.66. The second-order valence-electron chi connectivity index (χ2n) is 3.37. The van der Waals surface area contributed by atoms with Crippen molar-refractivity contribution in [2.75, 3.05) is 0 Å². The summed E-state index contributed by atoms with van der Waals surface area (Å²) in [5.74, 6) is -0.497. The fourth-order valence-corrected chi connectivity index (χ4v) is 3.95. The monoisotopic (exact) mass is 350 g/mol. The minimum atomic E-state index is -3.67. The van der Waals surface area contributed by atoms with Crippen LogP contribution in [-0.4, -0.2) is 13.4 Å². The number of aromatic nitrogens is 1. The van der Waals surface area contributed by atoms with Crippen LogP contribution in [0.4, 0.5) is 4.39 Å². The van der Waals surface area contributed by atoms with E-state index in [9.17, 15) is 12.8 Å². The topological polar surface area (TPSA) is 59.1 Å². The third-order valence-corrected chi connectivity index (χ3v) is 5.26. The molecule has 1 N–H and O–H groups in total. The van der Waals surface area contributed by atoms with Crippen molar-refractivity contribution in [3.8, 4) is 0 Å². The molecule has 0 bridgehead atoms. The number of hydrogen-bond acceptors (Lipinski definition) is 4. The molecule has 0 aliphatic carbocycles. The highest BCUT2D eigenvalue weighted by Gasteiger charge is 2.17. The minimum Gasteiger partial charge on any atom is -0.253 e. The van der Waals surface area contributed by atoms with Gasteiger partial charge >= 0.3 is 0 Å². The van der Waals surface area contributed by atoms with Crippen LogP contribution in [0.1, 0.15) is 4.88 Å². The van der Waals surface area contributed by atoms with Gasteiger partial charge in [0.1, 0.15) is 5.82 Å². The van der Waals surface area contributed by atoms with E-state index in [2.05, 4.69) is 25.6 Å². The predicted molar refractivity (Wildman–Crippen MR) is 70.2 cm³/mol. The standard InChI is InChI=1S/C10H8BrFN2O2S2/c11-9-3-7(12)1-2-10(9)18(15,16)14-5-8-4-13-6-17-8/h1-4,6,14H,5H2. The van der Waals surface area contributed by atoms with Crippen LogP contribution in [0.3, 0.4) is 0 Å². The molecule has 0 spiro atoms. The summed E-state index contributed by atoms with van der Waals surface area (Å²) >= 11 is 4.39. The molecular weight excluding hydrogens is 343 g/mol. The molecule has 0 unspecified atom stereocenters. The molecule has 0 aliphatic rings. The molecule has 96 valence electrons. The highest BCUT2D eigenvalue weighted by Crippen LogP contribution is 2.22. The fourth-order valence-electron chi connectivity index (χ4n) is 1.27. The van der Waals surface area contributed by atoms with Crippen LogP contribution in [-0.2, 0) is 16.6 Å². The summed E-state index contributed by atoms with van der Waals surface area (Å²) in [5.41, 5.74) is 1.62. The van der Waals surface area contributed by atoms with Crippen LogP contribution in [0.5, 0.6) is 0 Å². The summed E-state index contributed by atoms with van der Waals surface area (Å²) in [7, 11) is -3.67. The normalized spacial score (nSPS) is 11.7. The maximum absolute atomic E-state index is 12.9. The quantitative estimate of drug-likeness (QED) is 0.921. The van der Waals surface area contributed by atoms with E-state index in [4.69, 9.17) is 0 Å². The zero-order valence-corrected chi connectivity index (χ0v) is 12.1. The molecule has 1 heterocycles. The van der Waals surface area contributed by atoms with E-state index in [0.717, 1.165) is 17.0 Å². The summed E-state index contributed by atoms with van der Waals surface area (Å²) in [5, 5.41) is 0. The van der Waals surface area contributed by atoms with Gasteiger partial charge < -0.3 is 0 Å². The van der Waals surface area contributed by atoms with Crippen LogP contribution >= 0.6 is 27.3 Å². The van der Waals surface area contributed by atoms with Crippen LogP contribution in [0.15, 0.2) is 39.3 Å². The Kier molecular flexibility index (Phi) is 4.10. The molecule has 18 heavy (non-hydrogen) atoms. The molecule has 4 nitrogen and oxygen atoms in total. The van der Waals surface area contributed by atoms with E-state index in [1.807, 2.05) is 0 Å². The van der Waals surface area contributed by atoms with E-state index in [-0.39, 0.29) is 15.9 Å². The summed E-state index contributed by atoms with van der Waals surface area (Å²) in [6.07, 6.45) is 1.59. The van der Waals surface area contributed by atoms with Gasteiger partial charge in [0, 0.05) is 22.1 Å². The predicted octanol–water partition coefficient (Wildman–Crippen LogP) is 2.52. The van der Waals surface area contributed by atoms with Gasteiger partial charge in [0.25, 0.3) is 0 Å². The van der Waals surface area contributed by atoms with Crippen molar-refractivity contribution in [1.82, 2.24) is 9.71 Å². The molecule has 0 radical (unpaired) electrons. The molecule has 2 aromatic rings. The second-order valence-corrected chi connectivity index (χ2v) is 6.93. The van der Waals surface area contributed by atoms with Crippen LogP contribution in [0.2, 0.25) is 0 Å². The van der Waals surface area contributed by atoms with E-state index in [1.54, 1.807) is 11.7 Å². The van der Waals surface area contributed by atoms with Crippen molar-refractivity contribution in [2.24, 2.45) is 0 Å². The maximum atomic E-state index is 12.9. The van der Waals surface area contributed by atoms with E-state index >= 15 is 0 Å². The van der Waals surface area contributed by atoms with Crippen LogP contribution < -0.4 is 4.72 Å². The van der Waals surface area contributed by atoms with Gasteiger partial charge in [-0.1, -0.05) is 0 Å². The Bertz CT molecular complexity index is 644. The van der Waals surface area contributed by atoms with Crippen LogP contribution in [0.25, 0.3) is 0 Å². The first-order valence-electron chi connectivity index (χ1n) is 4.81. The van der Waals surface area contributed by atoms with E-state index in [1.165, 1.54) is 17.4 Å². The van der Waals surface area contributed by atoms with Gasteiger partial charge in [-0.15, -0.1) is 11.3 Å². The molecule has 0 saturated heterocycles. The van der Waals surface area contributed by atoms with Crippen LogP contribution in [0, 0.1) is 5.82 Å². The summed E-state index contributed by atoms with van der Waals surface area (Å²) in [6, 6.07) is 3.43. The molecule has 0 aliphatic heterocycles. The first kappa shape index (κ1) is 13.6. The average Bonchev–Trinajstić information content (AvgIpc) is 2.78. The Labute approximate surface area is 116 Å². The summed E-state index contributed by atoms with van der Waals surface area (Å²) in [6.45, 7) is 0.164. The Hall–Kier alpha value is -0.830. The zero-order chi connectivity index (χ0) is 13.2. The van der Waals surface area contributed by atoms with Gasteiger partial charge in [-0.25, -0.2) is 17.5 Å². The maximum Gasteiger partial charge on any atom is 0.242 e. The average molecular weight is 351 g/mol. The van der Waals surface area contributed by atoms with Gasteiger partial charge in [-0.05, 0) is 34.1 Å². The number of halogens is 2. The first-order valence-corrected chi connectivity index (χ1v) is 7.97. The second kappa shape index (κ2) is 5.43. The third-order valence-electron chi connectivity index (χ3n) is 2.10. The molecule has 1 aromatic heterocycles.